The third-order valence-corrected chi connectivity index (χ3v) is 9.62. The van der Waals surface area contributed by atoms with Gasteiger partial charge in [0, 0.05) is 31.1 Å². The highest BCUT2D eigenvalue weighted by Crippen LogP contribution is 2.33. The average Bonchev–Trinajstić information content (AvgIpc) is 3.36. The van der Waals surface area contributed by atoms with E-state index in [0.717, 1.165) is 38.5 Å². The molecule has 1 saturated carbocycles. The number of ketones is 1. The average molecular weight is 693 g/mol. The molecule has 1 fully saturated rings. The highest BCUT2D eigenvalue weighted by molar-refractivity contribution is 5.84. The van der Waals surface area contributed by atoms with Gasteiger partial charge >= 0.3 is 11.9 Å². The summed E-state index contributed by atoms with van der Waals surface area (Å²) in [6.07, 6.45) is 30.2. The minimum Gasteiger partial charge on any atom is -0.462 e. The van der Waals surface area contributed by atoms with E-state index in [4.69, 9.17) is 9.47 Å². The molecule has 0 aromatic heterocycles. The van der Waals surface area contributed by atoms with Crippen LogP contribution in [0.1, 0.15) is 174 Å². The number of rotatable bonds is 32. The van der Waals surface area contributed by atoms with Gasteiger partial charge in [-0.2, -0.15) is 0 Å². The first-order chi connectivity index (χ1) is 23.8. The summed E-state index contributed by atoms with van der Waals surface area (Å²) >= 11 is 0. The predicted molar refractivity (Wildman–Crippen MR) is 197 cm³/mol. The number of allylic oxidation sites excluding steroid dienone is 2. The topological polar surface area (TPSA) is 130 Å². The second-order valence-electron chi connectivity index (χ2n) is 14.1. The second kappa shape index (κ2) is 30.8. The number of hydrogen-bond acceptors (Lipinski definition) is 8. The van der Waals surface area contributed by atoms with E-state index in [9.17, 15) is 29.7 Å². The Labute approximate surface area is 298 Å². The fourth-order valence-electron chi connectivity index (χ4n) is 6.48. The predicted octanol–water partition coefficient (Wildman–Crippen LogP) is 8.88. The maximum absolute atomic E-state index is 12.4. The molecule has 0 bridgehead atoms. The molecule has 3 N–H and O–H groups in total. The molecule has 284 valence electrons. The summed E-state index contributed by atoms with van der Waals surface area (Å²) in [5.74, 6) is -1.37. The molecule has 0 amide bonds. The van der Waals surface area contributed by atoms with E-state index < -0.39 is 30.9 Å². The fraction of sp³-hybridized carbons (Fsp3) is 0.829. The summed E-state index contributed by atoms with van der Waals surface area (Å²) < 4.78 is 10.5. The van der Waals surface area contributed by atoms with E-state index in [1.165, 1.54) is 77.0 Å². The maximum atomic E-state index is 12.4. The number of ether oxygens (including phenoxy) is 2. The first kappa shape index (κ1) is 45.0. The van der Waals surface area contributed by atoms with Crippen molar-refractivity contribution in [2.75, 3.05) is 13.2 Å². The van der Waals surface area contributed by atoms with Crippen LogP contribution in [0.5, 0.6) is 0 Å². The molecule has 0 saturated heterocycles. The summed E-state index contributed by atoms with van der Waals surface area (Å²) in [5.41, 5.74) is 0. The molecule has 0 unspecified atom stereocenters. The van der Waals surface area contributed by atoms with Crippen molar-refractivity contribution < 1.29 is 39.2 Å². The Bertz CT molecular complexity index is 900. The standard InChI is InChI=1S/C41H72O8/c1-3-5-7-8-9-10-11-12-13-14-15-16-17-18-24-28-41(47)49-35(32-42)33-48-40(46)27-23-20-19-22-26-36-37(39(45)31-38(36)44)30-29-34(43)25-21-6-4-2/h19,22,29-30,34-37,39,42-43,45H,3-18,20-21,23-28,31-33H2,1-2H3/b22-19-,30-29+/t34-,35-,36+,37+,39+/m0/s1. The Morgan fingerprint density at radius 3 is 1.92 bits per heavy atom. The molecule has 0 aromatic carbocycles. The molecule has 1 aliphatic rings. The molecule has 0 aliphatic heterocycles. The Hall–Kier alpha value is -2.03. The first-order valence-electron chi connectivity index (χ1n) is 20.0. The highest BCUT2D eigenvalue weighted by Gasteiger charge is 2.39. The lowest BCUT2D eigenvalue weighted by molar-refractivity contribution is -0.161. The van der Waals surface area contributed by atoms with Crippen molar-refractivity contribution in [2.24, 2.45) is 11.8 Å². The van der Waals surface area contributed by atoms with Crippen molar-refractivity contribution in [1.29, 1.82) is 0 Å². The quantitative estimate of drug-likeness (QED) is 0.0362. The lowest BCUT2D eigenvalue weighted by Gasteiger charge is -2.16. The van der Waals surface area contributed by atoms with Crippen molar-refractivity contribution in [2.45, 2.75) is 193 Å². The molecule has 0 aromatic rings. The van der Waals surface area contributed by atoms with Gasteiger partial charge in [0.1, 0.15) is 12.4 Å². The van der Waals surface area contributed by atoms with Crippen LogP contribution in [-0.4, -0.2) is 64.6 Å². The van der Waals surface area contributed by atoms with Crippen LogP contribution in [0.3, 0.4) is 0 Å². The monoisotopic (exact) mass is 693 g/mol. The molecule has 0 heterocycles. The van der Waals surface area contributed by atoms with Crippen LogP contribution in [0.4, 0.5) is 0 Å². The number of Topliss-reactive ketones (excluding diaryl/α,β-unsaturated/α-hetero) is 1. The van der Waals surface area contributed by atoms with Crippen molar-refractivity contribution >= 4 is 17.7 Å². The van der Waals surface area contributed by atoms with Crippen molar-refractivity contribution in [3.05, 3.63) is 24.3 Å². The van der Waals surface area contributed by atoms with Gasteiger partial charge in [0.05, 0.1) is 18.8 Å². The minimum absolute atomic E-state index is 0.0322. The smallest absolute Gasteiger partial charge is 0.306 e. The van der Waals surface area contributed by atoms with Gasteiger partial charge in [-0.25, -0.2) is 0 Å². The van der Waals surface area contributed by atoms with Crippen molar-refractivity contribution in [1.82, 2.24) is 0 Å². The van der Waals surface area contributed by atoms with Gasteiger partial charge < -0.3 is 24.8 Å². The Morgan fingerprint density at radius 2 is 1.33 bits per heavy atom. The lowest BCUT2D eigenvalue weighted by atomic mass is 9.90. The van der Waals surface area contributed by atoms with Crippen LogP contribution < -0.4 is 0 Å². The molecular formula is C41H72O8. The van der Waals surface area contributed by atoms with Gasteiger partial charge in [0.2, 0.25) is 0 Å². The van der Waals surface area contributed by atoms with Crippen molar-refractivity contribution in [3.8, 4) is 0 Å². The number of hydrogen-bond donors (Lipinski definition) is 3. The number of carbonyl (C=O) groups is 3. The number of unbranched alkanes of at least 4 members (excludes halogenated alkanes) is 17. The van der Waals surface area contributed by atoms with E-state index in [2.05, 4.69) is 13.8 Å². The van der Waals surface area contributed by atoms with Crippen LogP contribution in [0, 0.1) is 11.8 Å². The Morgan fingerprint density at radius 1 is 0.776 bits per heavy atom. The normalized spacial score (nSPS) is 19.2. The van der Waals surface area contributed by atoms with Crippen LogP contribution in [0.2, 0.25) is 0 Å². The molecule has 8 nitrogen and oxygen atoms in total. The SMILES string of the molecule is CCCCCCCCCCCCCCCCCC(=O)O[C@@H](CO)COC(=O)CCC/C=C\C[C@H]1C(=O)C[C@@H](O)[C@@H]1/C=C/[C@@H](O)CCCCC. The van der Waals surface area contributed by atoms with E-state index in [1.807, 2.05) is 12.2 Å². The molecule has 0 radical (unpaired) electrons. The Balaban J connectivity index is 2.11. The van der Waals surface area contributed by atoms with Crippen LogP contribution >= 0.6 is 0 Å². The molecule has 5 atom stereocenters. The van der Waals surface area contributed by atoms with Crippen LogP contribution in [0.25, 0.3) is 0 Å². The van der Waals surface area contributed by atoms with E-state index in [1.54, 1.807) is 12.2 Å². The molecular weight excluding hydrogens is 620 g/mol. The number of aliphatic hydroxyl groups excluding tert-OH is 3. The summed E-state index contributed by atoms with van der Waals surface area (Å²) in [5, 5.41) is 30.1. The van der Waals surface area contributed by atoms with Gasteiger partial charge in [0.25, 0.3) is 0 Å². The van der Waals surface area contributed by atoms with E-state index >= 15 is 0 Å². The number of esters is 2. The van der Waals surface area contributed by atoms with E-state index in [-0.39, 0.29) is 43.0 Å². The third-order valence-electron chi connectivity index (χ3n) is 9.62. The van der Waals surface area contributed by atoms with Gasteiger partial charge in [-0.3, -0.25) is 14.4 Å². The second-order valence-corrected chi connectivity index (χ2v) is 14.1. The zero-order chi connectivity index (χ0) is 36.0. The van der Waals surface area contributed by atoms with Gasteiger partial charge in [-0.15, -0.1) is 0 Å². The van der Waals surface area contributed by atoms with Crippen molar-refractivity contribution in [3.63, 3.8) is 0 Å². The number of aliphatic hydroxyl groups is 3. The maximum Gasteiger partial charge on any atom is 0.306 e. The number of carbonyl (C=O) groups excluding carboxylic acids is 3. The summed E-state index contributed by atoms with van der Waals surface area (Å²) in [4.78, 5) is 36.8. The molecule has 1 aliphatic carbocycles. The molecule has 8 heteroatoms. The van der Waals surface area contributed by atoms with Gasteiger partial charge in [0.15, 0.2) is 6.10 Å². The van der Waals surface area contributed by atoms with Crippen LogP contribution in [-0.2, 0) is 23.9 Å². The summed E-state index contributed by atoms with van der Waals surface area (Å²) in [6, 6.07) is 0. The van der Waals surface area contributed by atoms with Crippen LogP contribution in [0.15, 0.2) is 24.3 Å². The largest absolute Gasteiger partial charge is 0.462 e. The van der Waals surface area contributed by atoms with E-state index in [0.29, 0.717) is 32.1 Å². The minimum atomic E-state index is -0.855. The first-order valence-corrected chi connectivity index (χ1v) is 20.0. The Kier molecular flexibility index (Phi) is 28.2. The fourth-order valence-corrected chi connectivity index (χ4v) is 6.48. The zero-order valence-corrected chi connectivity index (χ0v) is 31.2. The highest BCUT2D eigenvalue weighted by atomic mass is 16.6. The third kappa shape index (κ3) is 23.9. The zero-order valence-electron chi connectivity index (χ0n) is 31.2. The molecule has 49 heavy (non-hydrogen) atoms. The van der Waals surface area contributed by atoms with Gasteiger partial charge in [-0.1, -0.05) is 147 Å². The summed E-state index contributed by atoms with van der Waals surface area (Å²) in [6.45, 7) is 3.81. The van der Waals surface area contributed by atoms with Gasteiger partial charge in [-0.05, 0) is 32.1 Å². The summed E-state index contributed by atoms with van der Waals surface area (Å²) in [7, 11) is 0. The molecule has 1 rings (SSSR count). The molecule has 0 spiro atoms. The lowest BCUT2D eigenvalue weighted by Crippen LogP contribution is -2.28.